The fourth-order valence-electron chi connectivity index (χ4n) is 2.57. The van der Waals surface area contributed by atoms with E-state index in [1.54, 1.807) is 6.20 Å². The molecule has 5 heteroatoms. The molecule has 1 aliphatic heterocycles. The molecule has 2 heterocycles. The number of aromatic nitrogens is 1. The molecule has 1 amide bonds. The van der Waals surface area contributed by atoms with Crippen molar-refractivity contribution >= 4 is 5.91 Å². The standard InChI is InChI=1S/C16H19N3O2/c1-13-15(9-17-21-13)11-18-7-8-19(16(20)12-18)10-14-5-3-2-4-6-14/h2-6,9H,7-8,10-12H2,1H3. The number of aryl methyl sites for hydroxylation is 1. The molecule has 1 aliphatic rings. The van der Waals surface area contributed by atoms with E-state index in [4.69, 9.17) is 4.52 Å². The molecule has 5 nitrogen and oxygen atoms in total. The zero-order chi connectivity index (χ0) is 14.7. The summed E-state index contributed by atoms with van der Waals surface area (Å²) in [5.74, 6) is 1.01. The van der Waals surface area contributed by atoms with Gasteiger partial charge in [-0.05, 0) is 12.5 Å². The van der Waals surface area contributed by atoms with Crippen LogP contribution < -0.4 is 0 Å². The van der Waals surface area contributed by atoms with Crippen LogP contribution in [0.4, 0.5) is 0 Å². The molecular formula is C16H19N3O2. The normalized spacial score (nSPS) is 16.4. The molecule has 1 aromatic heterocycles. The van der Waals surface area contributed by atoms with Gasteiger partial charge in [-0.3, -0.25) is 9.69 Å². The van der Waals surface area contributed by atoms with E-state index in [0.717, 1.165) is 31.0 Å². The molecule has 1 aromatic carbocycles. The Balaban J connectivity index is 1.57. The molecule has 2 aromatic rings. The molecule has 1 fully saturated rings. The van der Waals surface area contributed by atoms with Crippen LogP contribution in [0, 0.1) is 6.92 Å². The highest BCUT2D eigenvalue weighted by Crippen LogP contribution is 2.14. The molecule has 0 unspecified atom stereocenters. The second-order valence-electron chi connectivity index (χ2n) is 5.42. The summed E-state index contributed by atoms with van der Waals surface area (Å²) in [6.45, 7) is 5.41. The Morgan fingerprint density at radius 3 is 2.67 bits per heavy atom. The maximum atomic E-state index is 12.3. The minimum absolute atomic E-state index is 0.180. The van der Waals surface area contributed by atoms with Gasteiger partial charge in [-0.2, -0.15) is 0 Å². The third-order valence-electron chi connectivity index (χ3n) is 3.86. The topological polar surface area (TPSA) is 49.6 Å². The van der Waals surface area contributed by atoms with Gasteiger partial charge in [-0.15, -0.1) is 0 Å². The van der Waals surface area contributed by atoms with Crippen LogP contribution >= 0.6 is 0 Å². The Morgan fingerprint density at radius 2 is 2.00 bits per heavy atom. The third kappa shape index (κ3) is 3.31. The molecule has 1 saturated heterocycles. The number of carbonyl (C=O) groups excluding carboxylic acids is 1. The van der Waals surface area contributed by atoms with Gasteiger partial charge in [0, 0.05) is 31.7 Å². The zero-order valence-corrected chi connectivity index (χ0v) is 12.2. The molecule has 0 atom stereocenters. The van der Waals surface area contributed by atoms with Gasteiger partial charge in [-0.1, -0.05) is 35.5 Å². The molecule has 0 bridgehead atoms. The van der Waals surface area contributed by atoms with Gasteiger partial charge < -0.3 is 9.42 Å². The van der Waals surface area contributed by atoms with Crippen molar-refractivity contribution in [2.24, 2.45) is 0 Å². The van der Waals surface area contributed by atoms with Gasteiger partial charge in [0.15, 0.2) is 0 Å². The number of benzene rings is 1. The van der Waals surface area contributed by atoms with Crippen LogP contribution in [0.2, 0.25) is 0 Å². The summed E-state index contributed by atoms with van der Waals surface area (Å²) in [6.07, 6.45) is 1.73. The largest absolute Gasteiger partial charge is 0.361 e. The SMILES string of the molecule is Cc1oncc1CN1CCN(Cc2ccccc2)C(=O)C1. The summed E-state index contributed by atoms with van der Waals surface area (Å²) in [4.78, 5) is 16.3. The van der Waals surface area contributed by atoms with E-state index >= 15 is 0 Å². The highest BCUT2D eigenvalue weighted by molar-refractivity contribution is 5.79. The molecule has 0 radical (unpaired) electrons. The monoisotopic (exact) mass is 285 g/mol. The van der Waals surface area contributed by atoms with Crippen molar-refractivity contribution in [2.45, 2.75) is 20.0 Å². The van der Waals surface area contributed by atoms with E-state index in [-0.39, 0.29) is 5.91 Å². The Labute approximate surface area is 124 Å². The predicted molar refractivity (Wildman–Crippen MR) is 78.4 cm³/mol. The minimum atomic E-state index is 0.180. The smallest absolute Gasteiger partial charge is 0.237 e. The summed E-state index contributed by atoms with van der Waals surface area (Å²) in [5.41, 5.74) is 2.23. The van der Waals surface area contributed by atoms with Crippen molar-refractivity contribution in [1.29, 1.82) is 0 Å². The average molecular weight is 285 g/mol. The van der Waals surface area contributed by atoms with Crippen LogP contribution in [-0.2, 0) is 17.9 Å². The van der Waals surface area contributed by atoms with E-state index in [2.05, 4.69) is 22.2 Å². The second kappa shape index (κ2) is 6.10. The van der Waals surface area contributed by atoms with Gasteiger partial charge in [0.1, 0.15) is 5.76 Å². The highest BCUT2D eigenvalue weighted by atomic mass is 16.5. The fraction of sp³-hybridized carbons (Fsp3) is 0.375. The quantitative estimate of drug-likeness (QED) is 0.860. The van der Waals surface area contributed by atoms with Gasteiger partial charge in [0.2, 0.25) is 5.91 Å². The van der Waals surface area contributed by atoms with Crippen LogP contribution in [0.5, 0.6) is 0 Å². The van der Waals surface area contributed by atoms with Crippen molar-refractivity contribution in [3.05, 3.63) is 53.4 Å². The van der Waals surface area contributed by atoms with Crippen LogP contribution in [0.1, 0.15) is 16.9 Å². The van der Waals surface area contributed by atoms with Crippen LogP contribution in [0.3, 0.4) is 0 Å². The fourth-order valence-corrected chi connectivity index (χ4v) is 2.57. The molecule has 110 valence electrons. The summed E-state index contributed by atoms with van der Waals surface area (Å²) in [5, 5.41) is 3.78. The lowest BCUT2D eigenvalue weighted by atomic mass is 10.2. The summed E-state index contributed by atoms with van der Waals surface area (Å²) < 4.78 is 5.06. The zero-order valence-electron chi connectivity index (χ0n) is 12.2. The van der Waals surface area contributed by atoms with Crippen LogP contribution in [0.15, 0.2) is 41.1 Å². The lowest BCUT2D eigenvalue weighted by Gasteiger charge is -2.34. The van der Waals surface area contributed by atoms with Gasteiger partial charge in [0.25, 0.3) is 0 Å². The third-order valence-corrected chi connectivity index (χ3v) is 3.86. The number of hydrogen-bond acceptors (Lipinski definition) is 4. The first-order chi connectivity index (χ1) is 10.2. The van der Waals surface area contributed by atoms with Crippen molar-refractivity contribution in [1.82, 2.24) is 15.0 Å². The van der Waals surface area contributed by atoms with Gasteiger partial charge >= 0.3 is 0 Å². The van der Waals surface area contributed by atoms with Crippen molar-refractivity contribution in [3.63, 3.8) is 0 Å². The Hall–Kier alpha value is -2.14. The van der Waals surface area contributed by atoms with E-state index in [1.165, 1.54) is 5.56 Å². The number of carbonyl (C=O) groups is 1. The maximum absolute atomic E-state index is 12.3. The van der Waals surface area contributed by atoms with Gasteiger partial charge in [0.05, 0.1) is 12.7 Å². The first-order valence-electron chi connectivity index (χ1n) is 7.16. The first-order valence-corrected chi connectivity index (χ1v) is 7.16. The summed E-state index contributed by atoms with van der Waals surface area (Å²) >= 11 is 0. The summed E-state index contributed by atoms with van der Waals surface area (Å²) in [6, 6.07) is 10.1. The Kier molecular flexibility index (Phi) is 4.01. The number of rotatable bonds is 4. The van der Waals surface area contributed by atoms with E-state index in [9.17, 15) is 4.79 Å². The Bertz CT molecular complexity index is 609. The van der Waals surface area contributed by atoms with E-state index in [0.29, 0.717) is 13.1 Å². The van der Waals surface area contributed by atoms with Crippen molar-refractivity contribution in [3.8, 4) is 0 Å². The average Bonchev–Trinajstić information content (AvgIpc) is 2.88. The molecule has 0 spiro atoms. The highest BCUT2D eigenvalue weighted by Gasteiger charge is 2.24. The molecule has 0 saturated carbocycles. The molecule has 3 rings (SSSR count). The molecule has 0 N–H and O–H groups in total. The lowest BCUT2D eigenvalue weighted by molar-refractivity contribution is -0.136. The number of piperazine rings is 1. The minimum Gasteiger partial charge on any atom is -0.361 e. The number of amides is 1. The molecule has 0 aliphatic carbocycles. The van der Waals surface area contributed by atoms with Crippen molar-refractivity contribution in [2.75, 3.05) is 19.6 Å². The molecule has 21 heavy (non-hydrogen) atoms. The maximum Gasteiger partial charge on any atom is 0.237 e. The first kappa shape index (κ1) is 13.8. The predicted octanol–water partition coefficient (Wildman–Crippen LogP) is 1.83. The van der Waals surface area contributed by atoms with Gasteiger partial charge in [-0.25, -0.2) is 0 Å². The number of hydrogen-bond donors (Lipinski definition) is 0. The number of nitrogens with zero attached hydrogens (tertiary/aromatic N) is 3. The van der Waals surface area contributed by atoms with Crippen molar-refractivity contribution < 1.29 is 9.32 Å². The van der Waals surface area contributed by atoms with Crippen LogP contribution in [-0.4, -0.2) is 40.5 Å². The lowest BCUT2D eigenvalue weighted by Crippen LogP contribution is -2.49. The van der Waals surface area contributed by atoms with Crippen LogP contribution in [0.25, 0.3) is 0 Å². The van der Waals surface area contributed by atoms with E-state index in [1.807, 2.05) is 30.0 Å². The molecular weight excluding hydrogens is 266 g/mol. The summed E-state index contributed by atoms with van der Waals surface area (Å²) in [7, 11) is 0. The second-order valence-corrected chi connectivity index (χ2v) is 5.42. The van der Waals surface area contributed by atoms with E-state index < -0.39 is 0 Å². The Morgan fingerprint density at radius 1 is 1.19 bits per heavy atom.